The number of amides is 1. The number of carbonyl (C=O) groups excluding carboxylic acids is 1. The quantitative estimate of drug-likeness (QED) is 0.644. The predicted octanol–water partition coefficient (Wildman–Crippen LogP) is 1.59. The first kappa shape index (κ1) is 14.6. The molecule has 20 heavy (non-hydrogen) atoms. The second kappa shape index (κ2) is 6.08. The molecular weight excluding hydrogens is 280 g/mol. The lowest BCUT2D eigenvalue weighted by molar-refractivity contribution is -0.385. The molecule has 8 heteroatoms. The Morgan fingerprint density at radius 3 is 3.00 bits per heavy atom. The highest BCUT2D eigenvalue weighted by atomic mass is 32.2. The van der Waals surface area contributed by atoms with Crippen LogP contribution in [0.25, 0.3) is 0 Å². The molecule has 1 aromatic heterocycles. The Hall–Kier alpha value is -1.83. The molecule has 7 nitrogen and oxygen atoms in total. The summed E-state index contributed by atoms with van der Waals surface area (Å²) >= 11 is 1.72. The molecule has 0 spiro atoms. The lowest BCUT2D eigenvalue weighted by Crippen LogP contribution is -2.39. The predicted molar refractivity (Wildman–Crippen MR) is 77.7 cm³/mol. The Balaban J connectivity index is 2.16. The van der Waals surface area contributed by atoms with E-state index < -0.39 is 10.8 Å². The molecule has 0 bridgehead atoms. The number of nitrogens with two attached hydrogens (primary N) is 1. The van der Waals surface area contributed by atoms with Crippen LogP contribution in [0.3, 0.4) is 0 Å². The Kier molecular flexibility index (Phi) is 4.43. The van der Waals surface area contributed by atoms with Crippen molar-refractivity contribution >= 4 is 29.2 Å². The Morgan fingerprint density at radius 2 is 2.35 bits per heavy atom. The second-order valence-electron chi connectivity index (χ2n) is 4.67. The molecule has 1 heterocycles. The number of nitrogens with one attached hydrogen (secondary N) is 1. The van der Waals surface area contributed by atoms with Crippen molar-refractivity contribution < 1.29 is 9.72 Å². The van der Waals surface area contributed by atoms with Crippen LogP contribution in [0, 0.1) is 10.1 Å². The van der Waals surface area contributed by atoms with Gasteiger partial charge >= 0.3 is 0 Å². The van der Waals surface area contributed by atoms with Crippen LogP contribution in [0.2, 0.25) is 0 Å². The molecule has 0 aromatic carbocycles. The summed E-state index contributed by atoms with van der Waals surface area (Å²) in [5, 5.41) is 14.0. The molecule has 2 unspecified atom stereocenters. The van der Waals surface area contributed by atoms with Gasteiger partial charge in [0.1, 0.15) is 12.0 Å². The number of anilines is 1. The van der Waals surface area contributed by atoms with Gasteiger partial charge < -0.3 is 11.1 Å². The number of nitrogens with zero attached hydrogens (tertiary/aromatic N) is 2. The van der Waals surface area contributed by atoms with Gasteiger partial charge in [-0.15, -0.1) is 0 Å². The van der Waals surface area contributed by atoms with E-state index in [9.17, 15) is 14.9 Å². The maximum absolute atomic E-state index is 12.2. The average molecular weight is 296 g/mol. The van der Waals surface area contributed by atoms with Gasteiger partial charge in [0.15, 0.2) is 0 Å². The van der Waals surface area contributed by atoms with Gasteiger partial charge in [0, 0.05) is 17.4 Å². The number of nitro groups is 1. The van der Waals surface area contributed by atoms with E-state index in [0.29, 0.717) is 5.25 Å². The number of carbonyl (C=O) groups is 1. The summed E-state index contributed by atoms with van der Waals surface area (Å²) in [6.07, 6.45) is 6.11. The van der Waals surface area contributed by atoms with Crippen molar-refractivity contribution in [1.29, 1.82) is 0 Å². The summed E-state index contributed by atoms with van der Waals surface area (Å²) in [7, 11) is 0. The van der Waals surface area contributed by atoms with Crippen LogP contribution < -0.4 is 11.1 Å². The number of aromatic nitrogens is 1. The zero-order valence-electron chi connectivity index (χ0n) is 11.0. The Morgan fingerprint density at radius 1 is 1.60 bits per heavy atom. The molecule has 1 saturated carbocycles. The van der Waals surface area contributed by atoms with Crippen molar-refractivity contribution in [2.24, 2.45) is 0 Å². The minimum Gasteiger partial charge on any atom is -0.383 e. The number of nitrogen functional groups attached to an aromatic ring is 1. The molecule has 2 atom stereocenters. The van der Waals surface area contributed by atoms with Crippen molar-refractivity contribution in [3.8, 4) is 0 Å². The molecule has 2 rings (SSSR count). The number of rotatable bonds is 4. The third kappa shape index (κ3) is 3.01. The van der Waals surface area contributed by atoms with Crippen LogP contribution in [0.15, 0.2) is 12.3 Å². The largest absolute Gasteiger partial charge is 0.383 e. The number of pyridine rings is 1. The molecule has 1 aliphatic carbocycles. The van der Waals surface area contributed by atoms with E-state index >= 15 is 0 Å². The highest BCUT2D eigenvalue weighted by Crippen LogP contribution is 2.29. The van der Waals surface area contributed by atoms with Crippen LogP contribution in [0.4, 0.5) is 11.5 Å². The molecule has 0 radical (unpaired) electrons. The normalized spacial score (nSPS) is 21.6. The van der Waals surface area contributed by atoms with E-state index in [4.69, 9.17) is 5.73 Å². The Bertz CT molecular complexity index is 537. The first-order valence-corrected chi connectivity index (χ1v) is 7.55. The minimum absolute atomic E-state index is 0.00629. The highest BCUT2D eigenvalue weighted by Gasteiger charge is 2.29. The van der Waals surface area contributed by atoms with Crippen LogP contribution in [-0.4, -0.2) is 33.4 Å². The van der Waals surface area contributed by atoms with Gasteiger partial charge in [-0.3, -0.25) is 14.9 Å². The van der Waals surface area contributed by atoms with Gasteiger partial charge in [0.05, 0.1) is 10.5 Å². The zero-order chi connectivity index (χ0) is 14.7. The monoisotopic (exact) mass is 296 g/mol. The van der Waals surface area contributed by atoms with Crippen LogP contribution in [0.5, 0.6) is 0 Å². The first-order valence-electron chi connectivity index (χ1n) is 6.26. The molecular formula is C12H16N4O3S. The van der Waals surface area contributed by atoms with E-state index in [2.05, 4.69) is 10.3 Å². The second-order valence-corrected chi connectivity index (χ2v) is 5.75. The lowest BCUT2D eigenvalue weighted by atomic mass is 10.2. The summed E-state index contributed by atoms with van der Waals surface area (Å²) in [6, 6.07) is 1.25. The maximum Gasteiger partial charge on any atom is 0.288 e. The molecule has 108 valence electrons. The third-order valence-corrected chi connectivity index (χ3v) is 4.60. The Labute approximate surface area is 120 Å². The third-order valence-electron chi connectivity index (χ3n) is 3.43. The SMILES string of the molecule is CSC1CCCC1NC(=O)c1cc([N+](=O)[O-])cnc1N. The fraction of sp³-hybridized carbons (Fsp3) is 0.500. The molecule has 1 amide bonds. The standard InChI is InChI=1S/C12H16N4O3S/c1-20-10-4-2-3-9(10)15-12(17)8-5-7(16(18)19)6-14-11(8)13/h5-6,9-10H,2-4H2,1H3,(H2,13,14)(H,15,17). The van der Waals surface area contributed by atoms with Crippen molar-refractivity contribution in [2.75, 3.05) is 12.0 Å². The van der Waals surface area contributed by atoms with E-state index in [1.54, 1.807) is 11.8 Å². The van der Waals surface area contributed by atoms with Gasteiger partial charge in [0.25, 0.3) is 11.6 Å². The van der Waals surface area contributed by atoms with Crippen LogP contribution in [0.1, 0.15) is 29.6 Å². The maximum atomic E-state index is 12.2. The molecule has 0 aliphatic heterocycles. The molecule has 1 fully saturated rings. The van der Waals surface area contributed by atoms with Gasteiger partial charge in [0.2, 0.25) is 0 Å². The smallest absolute Gasteiger partial charge is 0.288 e. The summed E-state index contributed by atoms with van der Waals surface area (Å²) in [5.41, 5.74) is 5.45. The van der Waals surface area contributed by atoms with Crippen molar-refractivity contribution in [3.63, 3.8) is 0 Å². The number of hydrogen-bond acceptors (Lipinski definition) is 6. The van der Waals surface area contributed by atoms with E-state index in [1.165, 1.54) is 6.07 Å². The summed E-state index contributed by atoms with van der Waals surface area (Å²) in [5.74, 6) is -0.392. The van der Waals surface area contributed by atoms with Crippen molar-refractivity contribution in [1.82, 2.24) is 10.3 Å². The van der Waals surface area contributed by atoms with Gasteiger partial charge in [-0.25, -0.2) is 4.98 Å². The van der Waals surface area contributed by atoms with E-state index in [-0.39, 0.29) is 23.1 Å². The summed E-state index contributed by atoms with van der Waals surface area (Å²) in [4.78, 5) is 26.0. The van der Waals surface area contributed by atoms with Crippen molar-refractivity contribution in [3.05, 3.63) is 27.9 Å². The highest BCUT2D eigenvalue weighted by molar-refractivity contribution is 7.99. The molecule has 1 aromatic rings. The van der Waals surface area contributed by atoms with E-state index in [0.717, 1.165) is 25.5 Å². The molecule has 1 aliphatic rings. The summed E-state index contributed by atoms with van der Waals surface area (Å²) in [6.45, 7) is 0. The van der Waals surface area contributed by atoms with E-state index in [1.807, 2.05) is 6.26 Å². The van der Waals surface area contributed by atoms with Crippen LogP contribution >= 0.6 is 11.8 Å². The minimum atomic E-state index is -0.594. The molecule has 3 N–H and O–H groups in total. The number of hydrogen-bond donors (Lipinski definition) is 2. The topological polar surface area (TPSA) is 111 Å². The fourth-order valence-electron chi connectivity index (χ4n) is 2.37. The van der Waals surface area contributed by atoms with Crippen LogP contribution in [-0.2, 0) is 0 Å². The molecule has 0 saturated heterocycles. The van der Waals surface area contributed by atoms with Gasteiger partial charge in [-0.2, -0.15) is 11.8 Å². The van der Waals surface area contributed by atoms with Gasteiger partial charge in [-0.05, 0) is 19.1 Å². The van der Waals surface area contributed by atoms with Crippen molar-refractivity contribution in [2.45, 2.75) is 30.6 Å². The number of thioether (sulfide) groups is 1. The summed E-state index contributed by atoms with van der Waals surface area (Å²) < 4.78 is 0. The lowest BCUT2D eigenvalue weighted by Gasteiger charge is -2.19. The fourth-order valence-corrected chi connectivity index (χ4v) is 3.30. The first-order chi connectivity index (χ1) is 9.52. The van der Waals surface area contributed by atoms with Gasteiger partial charge in [-0.1, -0.05) is 6.42 Å². The average Bonchev–Trinajstić information content (AvgIpc) is 2.86. The zero-order valence-corrected chi connectivity index (χ0v) is 11.9.